The lowest BCUT2D eigenvalue weighted by atomic mass is 9.85. The van der Waals surface area contributed by atoms with Gasteiger partial charge in [0.05, 0.1) is 22.8 Å². The van der Waals surface area contributed by atoms with E-state index >= 15 is 8.78 Å². The van der Waals surface area contributed by atoms with E-state index in [1.807, 2.05) is 4.72 Å². The highest BCUT2D eigenvalue weighted by Crippen LogP contribution is 2.50. The number of alkyl halides is 4. The van der Waals surface area contributed by atoms with E-state index in [4.69, 9.17) is 9.47 Å². The summed E-state index contributed by atoms with van der Waals surface area (Å²) in [6, 6.07) is -2.84. The second-order valence-electron chi connectivity index (χ2n) is 16.5. The Labute approximate surface area is 307 Å². The van der Waals surface area contributed by atoms with E-state index in [-0.39, 0.29) is 38.1 Å². The molecule has 4 amide bonds. The Bertz CT molecular complexity index is 1650. The first-order chi connectivity index (χ1) is 24.5. The number of ether oxygens (including phenoxy) is 2. The largest absolute Gasteiger partial charge is 0.472 e. The summed E-state index contributed by atoms with van der Waals surface area (Å²) in [4.78, 5) is 60.6. The van der Waals surface area contributed by atoms with Crippen LogP contribution in [0.15, 0.2) is 17.1 Å². The molecule has 2 saturated heterocycles. The minimum atomic E-state index is -4.28. The number of nitrogens with zero attached hydrogens (tertiary/aromatic N) is 2. The van der Waals surface area contributed by atoms with E-state index in [0.29, 0.717) is 19.3 Å². The molecule has 298 valence electrons. The molecule has 53 heavy (non-hydrogen) atoms. The van der Waals surface area contributed by atoms with Crippen LogP contribution in [-0.4, -0.2) is 104 Å². The van der Waals surface area contributed by atoms with Gasteiger partial charge >= 0.3 is 6.09 Å². The van der Waals surface area contributed by atoms with Crippen LogP contribution in [0.3, 0.4) is 0 Å². The Hall–Kier alpha value is -3.44. The van der Waals surface area contributed by atoms with Crippen LogP contribution in [0.1, 0.15) is 92.4 Å². The molecule has 3 aliphatic carbocycles. The Morgan fingerprint density at radius 1 is 1.11 bits per heavy atom. The fraction of sp³-hybridized carbons (Fsp3) is 0.800. The standard InChI is InChI=1S/C35H51F4N5O8S/c1-8-20-23-17-44(24(20)27(45)42-34(16-21(34)26(36)37)30(47)43-53(49,50)33(6)13-14-33)29(46)25(32(3,4)5)41-31(48)52-22-15-19(22)11-9-10-12-35(38,39)18(2)28(40-7)51-23/h19-26H,2,8-17H2,1,3-7H3,(H,41,48)(H,42,45)(H,43,47)/t19-,20-,21+,22-,23+,24+,25-,34-/m1/s1. The van der Waals surface area contributed by atoms with Gasteiger partial charge in [-0.25, -0.2) is 30.8 Å². The molecule has 13 nitrogen and oxygen atoms in total. The zero-order valence-corrected chi connectivity index (χ0v) is 31.8. The highest BCUT2D eigenvalue weighted by molar-refractivity contribution is 7.91. The highest BCUT2D eigenvalue weighted by atomic mass is 32.2. The molecule has 0 radical (unpaired) electrons. The zero-order valence-electron chi connectivity index (χ0n) is 31.0. The average molecular weight is 778 g/mol. The van der Waals surface area contributed by atoms with Gasteiger partial charge in [-0.3, -0.25) is 24.1 Å². The molecule has 0 aromatic carbocycles. The molecule has 0 aromatic heterocycles. The first kappa shape index (κ1) is 40.7. The summed E-state index contributed by atoms with van der Waals surface area (Å²) in [6.07, 6.45) is -4.46. The van der Waals surface area contributed by atoms with Crippen LogP contribution in [0, 0.1) is 23.2 Å². The first-order valence-electron chi connectivity index (χ1n) is 18.2. The molecule has 5 fully saturated rings. The normalized spacial score (nSPS) is 35.2. The van der Waals surface area contributed by atoms with Crippen molar-refractivity contribution in [3.8, 4) is 0 Å². The topological polar surface area (TPSA) is 173 Å². The minimum Gasteiger partial charge on any atom is -0.472 e. The molecule has 3 N–H and O–H groups in total. The van der Waals surface area contributed by atoms with E-state index in [2.05, 4.69) is 22.2 Å². The van der Waals surface area contributed by atoms with Gasteiger partial charge in [0.25, 0.3) is 11.8 Å². The number of hydrogen-bond donors (Lipinski definition) is 3. The van der Waals surface area contributed by atoms with Crippen LogP contribution in [0.5, 0.6) is 0 Å². The first-order valence-corrected chi connectivity index (χ1v) is 19.7. The van der Waals surface area contributed by atoms with Gasteiger partial charge < -0.3 is 25.0 Å². The monoisotopic (exact) mass is 777 g/mol. The van der Waals surface area contributed by atoms with E-state index in [9.17, 15) is 36.4 Å². The summed E-state index contributed by atoms with van der Waals surface area (Å²) in [5.74, 6) is -9.81. The van der Waals surface area contributed by atoms with Crippen LogP contribution >= 0.6 is 0 Å². The Morgan fingerprint density at radius 2 is 1.77 bits per heavy atom. The number of alkyl carbamates (subject to hydrolysis) is 1. The molecule has 0 spiro atoms. The molecule has 2 bridgehead atoms. The predicted octanol–water partition coefficient (Wildman–Crippen LogP) is 4.07. The molecule has 18 heteroatoms. The average Bonchev–Trinajstić information content (AvgIpc) is 4.01. The van der Waals surface area contributed by atoms with Crippen molar-refractivity contribution in [1.82, 2.24) is 20.3 Å². The molecule has 0 aromatic rings. The zero-order chi connectivity index (χ0) is 39.5. The summed E-state index contributed by atoms with van der Waals surface area (Å²) in [6.45, 7) is 11.3. The Kier molecular flexibility index (Phi) is 11.0. The maximum absolute atomic E-state index is 15.5. The van der Waals surface area contributed by atoms with Gasteiger partial charge in [-0.2, -0.15) is 0 Å². The van der Waals surface area contributed by atoms with Crippen LogP contribution in [0.4, 0.5) is 22.4 Å². The van der Waals surface area contributed by atoms with Crippen molar-refractivity contribution < 1.29 is 54.6 Å². The summed E-state index contributed by atoms with van der Waals surface area (Å²) in [5, 5.41) is 5.01. The number of carbonyl (C=O) groups is 4. The van der Waals surface area contributed by atoms with E-state index in [1.54, 1.807) is 27.7 Å². The summed E-state index contributed by atoms with van der Waals surface area (Å²) in [7, 11) is -3.04. The van der Waals surface area contributed by atoms with Crippen LogP contribution in [0.2, 0.25) is 0 Å². The highest BCUT2D eigenvalue weighted by Gasteiger charge is 2.68. The van der Waals surface area contributed by atoms with Crippen molar-refractivity contribution in [3.05, 3.63) is 12.2 Å². The number of hydrogen-bond acceptors (Lipinski definition) is 9. The fourth-order valence-corrected chi connectivity index (χ4v) is 8.73. The van der Waals surface area contributed by atoms with Gasteiger partial charge in [-0.05, 0) is 63.2 Å². The molecule has 2 heterocycles. The van der Waals surface area contributed by atoms with Gasteiger partial charge in [-0.1, -0.05) is 40.7 Å². The summed E-state index contributed by atoms with van der Waals surface area (Å²) >= 11 is 0. The van der Waals surface area contributed by atoms with Gasteiger partial charge in [0.15, 0.2) is 0 Å². The lowest BCUT2D eigenvalue weighted by Crippen LogP contribution is -2.61. The molecule has 0 unspecified atom stereocenters. The lowest BCUT2D eigenvalue weighted by molar-refractivity contribution is -0.144. The number of sulfonamides is 1. The van der Waals surface area contributed by atoms with E-state index in [0.717, 1.165) is 4.90 Å². The molecule has 5 aliphatic rings. The second-order valence-corrected chi connectivity index (χ2v) is 18.7. The molecule has 3 saturated carbocycles. The van der Waals surface area contributed by atoms with Crippen molar-refractivity contribution in [1.29, 1.82) is 0 Å². The third kappa shape index (κ3) is 8.16. The molecule has 5 rings (SSSR count). The third-order valence-electron chi connectivity index (χ3n) is 11.5. The quantitative estimate of drug-likeness (QED) is 0.325. The van der Waals surface area contributed by atoms with Crippen LogP contribution < -0.4 is 15.4 Å². The number of halogens is 4. The van der Waals surface area contributed by atoms with Crippen molar-refractivity contribution in [2.45, 2.75) is 139 Å². The SMILES string of the molecule is C=C1C(=NC)O[C@H]2CN(C(=O)[C@H](C(C)(C)C)NC(=O)O[C@@H]3C[C@H]3CCCCC1(F)F)[C@H](C(=O)N[C@]1(C(=O)NS(=O)(=O)C3(C)CC3)C[C@H]1C(F)F)[C@@H]2CC. The lowest BCUT2D eigenvalue weighted by Gasteiger charge is -2.36. The van der Waals surface area contributed by atoms with Gasteiger partial charge in [0, 0.05) is 19.4 Å². The van der Waals surface area contributed by atoms with Crippen molar-refractivity contribution >= 4 is 39.7 Å². The minimum absolute atomic E-state index is 0.0276. The number of aliphatic imine (C=N–C) groups is 1. The van der Waals surface area contributed by atoms with E-state index in [1.165, 1.54) is 14.0 Å². The molecular formula is C35H51F4N5O8S. The number of rotatable bonds is 7. The third-order valence-corrected chi connectivity index (χ3v) is 13.7. The van der Waals surface area contributed by atoms with Crippen LogP contribution in [-0.2, 0) is 33.9 Å². The van der Waals surface area contributed by atoms with Gasteiger partial charge in [0.2, 0.25) is 34.2 Å². The smallest absolute Gasteiger partial charge is 0.408 e. The van der Waals surface area contributed by atoms with Gasteiger partial charge in [0.1, 0.15) is 29.8 Å². The molecule has 2 aliphatic heterocycles. The molecular weight excluding hydrogens is 726 g/mol. The number of nitrogens with one attached hydrogen (secondary N) is 3. The van der Waals surface area contributed by atoms with Crippen molar-refractivity contribution in [2.24, 2.45) is 28.2 Å². The molecule has 8 atom stereocenters. The number of carbonyl (C=O) groups excluding carboxylic acids is 4. The van der Waals surface area contributed by atoms with E-state index < -0.39 is 122 Å². The Morgan fingerprint density at radius 3 is 2.32 bits per heavy atom. The summed E-state index contributed by atoms with van der Waals surface area (Å²) < 4.78 is 97.4. The maximum atomic E-state index is 15.5. The number of fused-ring (bicyclic) bond motifs is 3. The van der Waals surface area contributed by atoms with Crippen molar-refractivity contribution in [2.75, 3.05) is 13.6 Å². The summed E-state index contributed by atoms with van der Waals surface area (Å²) in [5.41, 5.74) is -3.98. The second kappa shape index (κ2) is 14.3. The Balaban J connectivity index is 1.51. The fourth-order valence-electron chi connectivity index (χ4n) is 7.41. The number of amides is 4. The van der Waals surface area contributed by atoms with Crippen LogP contribution in [0.25, 0.3) is 0 Å². The van der Waals surface area contributed by atoms with Gasteiger partial charge in [-0.15, -0.1) is 0 Å². The predicted molar refractivity (Wildman–Crippen MR) is 185 cm³/mol. The maximum Gasteiger partial charge on any atom is 0.408 e. The van der Waals surface area contributed by atoms with Crippen molar-refractivity contribution in [3.63, 3.8) is 0 Å².